The van der Waals surface area contributed by atoms with Crippen molar-refractivity contribution >= 4 is 21.6 Å². The van der Waals surface area contributed by atoms with Gasteiger partial charge in [-0.3, -0.25) is 9.10 Å². The lowest BCUT2D eigenvalue weighted by Crippen LogP contribution is -2.41. The van der Waals surface area contributed by atoms with Crippen LogP contribution in [0.2, 0.25) is 0 Å². The molecule has 0 heterocycles. The largest absolute Gasteiger partial charge is 0.348 e. The fourth-order valence-corrected chi connectivity index (χ4v) is 4.99. The molecule has 0 saturated carbocycles. The topological polar surface area (TPSA) is 66.5 Å². The van der Waals surface area contributed by atoms with Crippen molar-refractivity contribution < 1.29 is 17.6 Å². The van der Waals surface area contributed by atoms with Gasteiger partial charge >= 0.3 is 0 Å². The fourth-order valence-electron chi connectivity index (χ4n) is 3.57. The molecule has 0 aliphatic rings. The van der Waals surface area contributed by atoms with E-state index in [1.807, 2.05) is 45.9 Å². The summed E-state index contributed by atoms with van der Waals surface area (Å²) in [6.07, 6.45) is 0. The zero-order chi connectivity index (χ0) is 23.5. The lowest BCUT2D eigenvalue weighted by molar-refractivity contribution is -0.120. The van der Waals surface area contributed by atoms with Gasteiger partial charge in [0.1, 0.15) is 12.4 Å². The standard InChI is InChI=1S/C25H27FN2O3S/c1-17-5-10-22(11-6-17)28(32(30,31)23-12-8-21(26)9-13-23)16-25(29)27-20(4)24-14-7-18(2)15-19(24)3/h5-15,20H,16H2,1-4H3,(H,27,29)/t20-/m1/s1. The zero-order valence-corrected chi connectivity index (χ0v) is 19.4. The van der Waals surface area contributed by atoms with Crippen LogP contribution in [0.3, 0.4) is 0 Å². The Morgan fingerprint density at radius 1 is 0.938 bits per heavy atom. The summed E-state index contributed by atoms with van der Waals surface area (Å²) >= 11 is 0. The number of nitrogens with one attached hydrogen (secondary N) is 1. The Bertz CT molecular complexity index is 1210. The van der Waals surface area contributed by atoms with Gasteiger partial charge in [-0.25, -0.2) is 12.8 Å². The minimum atomic E-state index is -4.09. The first-order chi connectivity index (χ1) is 15.1. The number of carbonyl (C=O) groups excluding carboxylic acids is 1. The van der Waals surface area contributed by atoms with Crippen molar-refractivity contribution in [2.45, 2.75) is 38.6 Å². The molecule has 0 spiro atoms. The predicted molar refractivity (Wildman–Crippen MR) is 125 cm³/mol. The summed E-state index contributed by atoms with van der Waals surface area (Å²) in [4.78, 5) is 12.8. The van der Waals surface area contributed by atoms with E-state index < -0.39 is 28.3 Å². The van der Waals surface area contributed by atoms with E-state index in [-0.39, 0.29) is 10.9 Å². The number of aryl methyl sites for hydroxylation is 3. The van der Waals surface area contributed by atoms with E-state index in [1.165, 1.54) is 12.1 Å². The van der Waals surface area contributed by atoms with Crippen LogP contribution in [0.5, 0.6) is 0 Å². The van der Waals surface area contributed by atoms with E-state index in [4.69, 9.17) is 0 Å². The maximum absolute atomic E-state index is 13.3. The molecule has 5 nitrogen and oxygen atoms in total. The highest BCUT2D eigenvalue weighted by atomic mass is 32.2. The maximum atomic E-state index is 13.3. The predicted octanol–water partition coefficient (Wildman–Crippen LogP) is 4.82. The number of hydrogen-bond acceptors (Lipinski definition) is 3. The van der Waals surface area contributed by atoms with Crippen LogP contribution in [0.1, 0.15) is 35.2 Å². The van der Waals surface area contributed by atoms with Crippen molar-refractivity contribution in [3.63, 3.8) is 0 Å². The van der Waals surface area contributed by atoms with Gasteiger partial charge in [0.05, 0.1) is 16.6 Å². The van der Waals surface area contributed by atoms with E-state index in [1.54, 1.807) is 24.3 Å². The molecule has 0 unspecified atom stereocenters. The van der Waals surface area contributed by atoms with Crippen LogP contribution in [0, 0.1) is 26.6 Å². The summed E-state index contributed by atoms with van der Waals surface area (Å²) in [6.45, 7) is 7.32. The van der Waals surface area contributed by atoms with Crippen LogP contribution in [-0.2, 0) is 14.8 Å². The van der Waals surface area contributed by atoms with Crippen LogP contribution in [-0.4, -0.2) is 20.9 Å². The van der Waals surface area contributed by atoms with E-state index in [9.17, 15) is 17.6 Å². The Hall–Kier alpha value is -3.19. The van der Waals surface area contributed by atoms with Crippen molar-refractivity contribution in [1.29, 1.82) is 0 Å². The lowest BCUT2D eigenvalue weighted by atomic mass is 10.0. The molecule has 0 saturated heterocycles. The number of hydrogen-bond donors (Lipinski definition) is 1. The average molecular weight is 455 g/mol. The maximum Gasteiger partial charge on any atom is 0.264 e. The summed E-state index contributed by atoms with van der Waals surface area (Å²) < 4.78 is 41.1. The van der Waals surface area contributed by atoms with Gasteiger partial charge in [-0.15, -0.1) is 0 Å². The third kappa shape index (κ3) is 5.34. The van der Waals surface area contributed by atoms with Gasteiger partial charge in [-0.2, -0.15) is 0 Å². The quantitative estimate of drug-likeness (QED) is 0.556. The Kier molecular flexibility index (Phi) is 6.99. The normalized spacial score (nSPS) is 12.3. The van der Waals surface area contributed by atoms with E-state index in [0.29, 0.717) is 5.69 Å². The molecule has 0 bridgehead atoms. The first-order valence-corrected chi connectivity index (χ1v) is 11.7. The van der Waals surface area contributed by atoms with Gasteiger partial charge in [-0.1, -0.05) is 41.5 Å². The van der Waals surface area contributed by atoms with Crippen molar-refractivity contribution in [3.05, 3.63) is 94.8 Å². The van der Waals surface area contributed by atoms with Crippen molar-refractivity contribution in [1.82, 2.24) is 5.32 Å². The number of carbonyl (C=O) groups is 1. The highest BCUT2D eigenvalue weighted by molar-refractivity contribution is 7.92. The Morgan fingerprint density at radius 2 is 1.53 bits per heavy atom. The summed E-state index contributed by atoms with van der Waals surface area (Å²) in [5, 5.41) is 2.90. The minimum absolute atomic E-state index is 0.0882. The summed E-state index contributed by atoms with van der Waals surface area (Å²) in [5.74, 6) is -0.977. The van der Waals surface area contributed by atoms with Crippen molar-refractivity contribution in [2.24, 2.45) is 0 Å². The highest BCUT2D eigenvalue weighted by Crippen LogP contribution is 2.25. The molecule has 1 atom stereocenters. The lowest BCUT2D eigenvalue weighted by Gasteiger charge is -2.25. The first-order valence-electron chi connectivity index (χ1n) is 10.3. The number of halogens is 1. The molecular formula is C25H27FN2O3S. The molecule has 0 fully saturated rings. The molecular weight excluding hydrogens is 427 g/mol. The molecule has 1 amide bonds. The molecule has 0 aliphatic heterocycles. The molecule has 168 valence electrons. The molecule has 0 radical (unpaired) electrons. The Morgan fingerprint density at radius 3 is 2.12 bits per heavy atom. The van der Waals surface area contributed by atoms with Gasteiger partial charge in [0.25, 0.3) is 10.0 Å². The van der Waals surface area contributed by atoms with Crippen LogP contribution >= 0.6 is 0 Å². The summed E-state index contributed by atoms with van der Waals surface area (Å²) in [6, 6.07) is 17.1. The van der Waals surface area contributed by atoms with Gasteiger partial charge in [0.2, 0.25) is 5.91 Å². The third-order valence-corrected chi connectivity index (χ3v) is 7.07. The second kappa shape index (κ2) is 9.53. The number of amides is 1. The zero-order valence-electron chi connectivity index (χ0n) is 18.6. The van der Waals surface area contributed by atoms with Crippen LogP contribution in [0.15, 0.2) is 71.6 Å². The molecule has 0 aromatic heterocycles. The van der Waals surface area contributed by atoms with Crippen LogP contribution in [0.4, 0.5) is 10.1 Å². The summed E-state index contributed by atoms with van der Waals surface area (Å²) in [7, 11) is -4.09. The second-order valence-electron chi connectivity index (χ2n) is 7.95. The minimum Gasteiger partial charge on any atom is -0.348 e. The molecule has 7 heteroatoms. The van der Waals surface area contributed by atoms with E-state index >= 15 is 0 Å². The monoisotopic (exact) mass is 454 g/mol. The molecule has 3 aromatic carbocycles. The number of benzene rings is 3. The van der Waals surface area contributed by atoms with E-state index in [2.05, 4.69) is 5.32 Å². The van der Waals surface area contributed by atoms with Gasteiger partial charge in [0, 0.05) is 0 Å². The van der Waals surface area contributed by atoms with Gasteiger partial charge in [0.15, 0.2) is 0 Å². The first kappa shape index (κ1) is 23.5. The number of anilines is 1. The van der Waals surface area contributed by atoms with Crippen molar-refractivity contribution in [2.75, 3.05) is 10.8 Å². The summed E-state index contributed by atoms with van der Waals surface area (Å²) in [5.41, 5.74) is 4.45. The molecule has 3 rings (SSSR count). The second-order valence-corrected chi connectivity index (χ2v) is 9.81. The Labute approximate surface area is 188 Å². The average Bonchev–Trinajstić information content (AvgIpc) is 2.73. The number of rotatable bonds is 7. The van der Waals surface area contributed by atoms with Crippen molar-refractivity contribution in [3.8, 4) is 0 Å². The molecule has 32 heavy (non-hydrogen) atoms. The molecule has 0 aliphatic carbocycles. The van der Waals surface area contributed by atoms with Gasteiger partial charge < -0.3 is 5.32 Å². The Balaban J connectivity index is 1.89. The van der Waals surface area contributed by atoms with Gasteiger partial charge in [-0.05, 0) is 75.2 Å². The SMILES string of the molecule is Cc1ccc(N(CC(=O)N[C@H](C)c2ccc(C)cc2C)S(=O)(=O)c2ccc(F)cc2)cc1. The fraction of sp³-hybridized carbons (Fsp3) is 0.240. The van der Waals surface area contributed by atoms with Crippen LogP contribution < -0.4 is 9.62 Å². The number of sulfonamides is 1. The number of nitrogens with zero attached hydrogens (tertiary/aromatic N) is 1. The van der Waals surface area contributed by atoms with E-state index in [0.717, 1.165) is 38.7 Å². The third-order valence-electron chi connectivity index (χ3n) is 5.28. The smallest absolute Gasteiger partial charge is 0.264 e. The molecule has 1 N–H and O–H groups in total. The molecule has 3 aromatic rings. The highest BCUT2D eigenvalue weighted by Gasteiger charge is 2.28. The van der Waals surface area contributed by atoms with Crippen LogP contribution in [0.25, 0.3) is 0 Å².